The van der Waals surface area contributed by atoms with Crippen LogP contribution in [0.15, 0.2) is 24.3 Å². The average Bonchev–Trinajstić information content (AvgIpc) is 0.877. The van der Waals surface area contributed by atoms with Crippen LogP contribution in [0.3, 0.4) is 0 Å². The Morgan fingerprint density at radius 2 is 0.640 bits per heavy atom. The molecule has 2 fully saturated rings. The van der Waals surface area contributed by atoms with E-state index < -0.39 is 73.4 Å². The van der Waals surface area contributed by atoms with Crippen molar-refractivity contribution in [1.29, 1.82) is 0 Å². The maximum absolute atomic E-state index is 16.5. The van der Waals surface area contributed by atoms with Crippen LogP contribution in [0.5, 0.6) is 11.5 Å². The fourth-order valence-corrected chi connectivity index (χ4v) is 15.0. The smallest absolute Gasteiger partial charge is 0.324 e. The summed E-state index contributed by atoms with van der Waals surface area (Å²) in [5.41, 5.74) is -3.09. The Kier molecular flexibility index (Phi) is 27.6. The zero-order valence-corrected chi connectivity index (χ0v) is 61.0. The van der Waals surface area contributed by atoms with Crippen molar-refractivity contribution >= 4 is 24.0 Å². The van der Waals surface area contributed by atoms with E-state index in [0.29, 0.717) is 72.2 Å². The monoisotopic (exact) mass is 1240 g/mol. The van der Waals surface area contributed by atoms with Gasteiger partial charge >= 0.3 is 24.0 Å². The lowest BCUT2D eigenvalue weighted by molar-refractivity contribution is -0.186. The lowest BCUT2D eigenvalue weighted by Gasteiger charge is -2.55. The quantitative estimate of drug-likeness (QED) is 0.0342. The fraction of sp³-hybridized carbons (Fsp3) is 0.792. The number of amides is 4. The van der Waals surface area contributed by atoms with Gasteiger partial charge in [-0.15, -0.1) is 0 Å². The Morgan fingerprint density at radius 1 is 0.416 bits per heavy atom. The summed E-state index contributed by atoms with van der Waals surface area (Å²) in [5, 5.41) is 30.7. The molecule has 508 valence electrons. The highest BCUT2D eigenvalue weighted by molar-refractivity contribution is 6.01. The van der Waals surface area contributed by atoms with Gasteiger partial charge in [0.05, 0.1) is 0 Å². The maximum Gasteiger partial charge on any atom is 0.324 e. The van der Waals surface area contributed by atoms with Crippen LogP contribution in [0.25, 0.3) is 0 Å². The molecule has 2 aromatic carbocycles. The largest absolute Gasteiger partial charge is 0.507 e. The van der Waals surface area contributed by atoms with Crippen molar-refractivity contribution in [2.24, 2.45) is 5.41 Å². The molecule has 4 amide bonds. The lowest BCUT2D eigenvalue weighted by Crippen LogP contribution is -2.67. The number of carbonyl (C=O) groups is 4. The van der Waals surface area contributed by atoms with E-state index in [4.69, 9.17) is 9.47 Å². The van der Waals surface area contributed by atoms with Crippen LogP contribution in [0.2, 0.25) is 0 Å². The van der Waals surface area contributed by atoms with Gasteiger partial charge in [0, 0.05) is 60.9 Å². The van der Waals surface area contributed by atoms with Gasteiger partial charge in [-0.25, -0.2) is 9.59 Å². The van der Waals surface area contributed by atoms with Crippen molar-refractivity contribution in [1.82, 2.24) is 20.4 Å². The number of phenolic OH excluding ortho intramolecular Hbond substituents is 2. The second-order valence-electron chi connectivity index (χ2n) is 34.1. The zero-order chi connectivity index (χ0) is 67.2. The van der Waals surface area contributed by atoms with Gasteiger partial charge in [0.15, 0.2) is 5.41 Å². The molecule has 12 nitrogen and oxygen atoms in total. The molecule has 0 aromatic heterocycles. The summed E-state index contributed by atoms with van der Waals surface area (Å²) in [5.74, 6) is -1.10. The molecule has 0 radical (unpaired) electrons. The van der Waals surface area contributed by atoms with Crippen LogP contribution >= 0.6 is 0 Å². The van der Waals surface area contributed by atoms with Crippen molar-refractivity contribution in [2.45, 2.75) is 375 Å². The molecule has 0 aliphatic carbocycles. The molecule has 0 atom stereocenters. The molecule has 2 aliphatic heterocycles. The third kappa shape index (κ3) is 21.8. The number of likely N-dealkylation sites (tertiary alicyclic amines) is 2. The summed E-state index contributed by atoms with van der Waals surface area (Å²) in [6.45, 7) is 46.5. The second-order valence-corrected chi connectivity index (χ2v) is 34.1. The Morgan fingerprint density at radius 3 is 0.865 bits per heavy atom. The van der Waals surface area contributed by atoms with E-state index in [-0.39, 0.29) is 36.4 Å². The van der Waals surface area contributed by atoms with E-state index in [1.807, 2.05) is 89.5 Å². The van der Waals surface area contributed by atoms with Crippen LogP contribution in [0.4, 0.5) is 9.59 Å². The summed E-state index contributed by atoms with van der Waals surface area (Å²) in [6.07, 6.45) is 23.8. The molecular formula is C77H132N4O8. The molecule has 4 N–H and O–H groups in total. The van der Waals surface area contributed by atoms with E-state index in [1.54, 1.807) is 0 Å². The highest BCUT2D eigenvalue weighted by Crippen LogP contribution is 2.48. The van der Waals surface area contributed by atoms with Gasteiger partial charge in [-0.1, -0.05) is 237 Å². The van der Waals surface area contributed by atoms with Crippen molar-refractivity contribution in [3.63, 3.8) is 0 Å². The van der Waals surface area contributed by atoms with Gasteiger partial charge in [0.2, 0.25) is 0 Å². The molecule has 0 unspecified atom stereocenters. The Labute approximate surface area is 543 Å². The second kappa shape index (κ2) is 31.9. The van der Waals surface area contributed by atoms with Crippen molar-refractivity contribution in [3.05, 3.63) is 57.6 Å². The first kappa shape index (κ1) is 77.0. The van der Waals surface area contributed by atoms with E-state index in [2.05, 4.69) is 108 Å². The number of ether oxygens (including phenoxy) is 2. The number of urea groups is 2. The van der Waals surface area contributed by atoms with Crippen LogP contribution in [-0.2, 0) is 53.6 Å². The standard InChI is InChI=1S/C77H132N4O8/c1-23-25-27-29-31-33-35-37-39-41-43-78-67(86)80-73(15,16)51-57(52-74(80,17)18)88-65(84)77(49-55-45-59(69(3,4)5)63(82)60(46-55)70(6,7)8,50-56-47-61(71(9,10)11)64(83)62(48-56)72(12,13)14)66(85)89-58-53-75(19,20)81(76(21,22)54-58)68(87)79-44-42-40-38-36-34-32-30-28-26-24-2/h45-48,57-58,82-83H,23-44,49-54H2,1-22H3,(H,78,86)(H,79,87). The number of esters is 2. The summed E-state index contributed by atoms with van der Waals surface area (Å²) < 4.78 is 14.0. The summed E-state index contributed by atoms with van der Waals surface area (Å²) in [4.78, 5) is 65.6. The first-order valence-electron chi connectivity index (χ1n) is 35.4. The molecule has 2 aliphatic rings. The SMILES string of the molecule is CCCCCCCCCCCCNC(=O)N1C(C)(C)CC(OC(=O)C(Cc2cc(C(C)(C)C)c(O)c(C(C)(C)C)c2)(Cc2cc(C(C)(C)C)c(O)c(C(C)(C)C)c2)C(=O)OC2CC(C)(C)N(C(=O)NCCCCCCCCCCCC)C(C)(C)C2)CC1(C)C. The molecule has 2 heterocycles. The van der Waals surface area contributed by atoms with Gasteiger partial charge in [0.1, 0.15) is 23.7 Å². The van der Waals surface area contributed by atoms with E-state index in [1.165, 1.54) is 89.9 Å². The molecule has 2 aromatic rings. The number of benzene rings is 2. The predicted octanol–water partition coefficient (Wildman–Crippen LogP) is 19.4. The average molecular weight is 1240 g/mol. The molecule has 0 saturated carbocycles. The van der Waals surface area contributed by atoms with Gasteiger partial charge in [-0.3, -0.25) is 9.59 Å². The normalized spacial score (nSPS) is 17.4. The number of aromatic hydroxyl groups is 2. The number of piperidine rings is 2. The third-order valence-electron chi connectivity index (χ3n) is 19.3. The number of rotatable bonds is 30. The molecule has 2 saturated heterocycles. The number of nitrogens with zero attached hydrogens (tertiary/aromatic N) is 2. The molecule has 12 heteroatoms. The summed E-state index contributed by atoms with van der Waals surface area (Å²) in [6, 6.07) is 7.47. The summed E-state index contributed by atoms with van der Waals surface area (Å²) in [7, 11) is 0. The fourth-order valence-electron chi connectivity index (χ4n) is 15.0. The number of nitrogens with one attached hydrogen (secondary N) is 2. The minimum absolute atomic E-state index is 0.131. The Balaban J connectivity index is 1.82. The number of hydrogen-bond donors (Lipinski definition) is 4. The van der Waals surface area contributed by atoms with Crippen LogP contribution < -0.4 is 10.6 Å². The maximum atomic E-state index is 16.5. The first-order valence-corrected chi connectivity index (χ1v) is 35.4. The Bertz CT molecular complexity index is 2320. The molecular weight excluding hydrogens is 1110 g/mol. The molecule has 0 spiro atoms. The van der Waals surface area contributed by atoms with Gasteiger partial charge in [0.25, 0.3) is 0 Å². The number of hydrogen-bond acceptors (Lipinski definition) is 8. The van der Waals surface area contributed by atoms with Crippen LogP contribution in [-0.4, -0.2) is 91.5 Å². The lowest BCUT2D eigenvalue weighted by atomic mass is 9.71. The van der Waals surface area contributed by atoms with Crippen molar-refractivity contribution in [3.8, 4) is 11.5 Å². The van der Waals surface area contributed by atoms with Crippen molar-refractivity contribution < 1.29 is 38.9 Å². The van der Waals surface area contributed by atoms with Crippen LogP contribution in [0, 0.1) is 5.41 Å². The third-order valence-corrected chi connectivity index (χ3v) is 19.3. The van der Waals surface area contributed by atoms with Gasteiger partial charge < -0.3 is 40.1 Å². The minimum Gasteiger partial charge on any atom is -0.507 e. The zero-order valence-electron chi connectivity index (χ0n) is 61.0. The minimum atomic E-state index is -2.03. The topological polar surface area (TPSA) is 158 Å². The molecule has 4 rings (SSSR count). The summed E-state index contributed by atoms with van der Waals surface area (Å²) >= 11 is 0. The van der Waals surface area contributed by atoms with Crippen molar-refractivity contribution in [2.75, 3.05) is 13.1 Å². The molecule has 0 bridgehead atoms. The van der Waals surface area contributed by atoms with E-state index in [0.717, 1.165) is 38.5 Å². The number of carbonyl (C=O) groups excluding carboxylic acids is 4. The van der Waals surface area contributed by atoms with Gasteiger partial charge in [-0.05, 0) is 136 Å². The van der Waals surface area contributed by atoms with Gasteiger partial charge in [-0.2, -0.15) is 0 Å². The Hall–Kier alpha value is -4.48. The van der Waals surface area contributed by atoms with Crippen LogP contribution in [0.1, 0.15) is 340 Å². The highest BCUT2D eigenvalue weighted by Gasteiger charge is 2.56. The highest BCUT2D eigenvalue weighted by atomic mass is 16.6. The van der Waals surface area contributed by atoms with E-state index >= 15 is 9.59 Å². The van der Waals surface area contributed by atoms with E-state index in [9.17, 15) is 19.8 Å². The molecule has 89 heavy (non-hydrogen) atoms. The number of unbranched alkanes of at least 4 members (excludes halogenated alkanes) is 18. The first-order chi connectivity index (χ1) is 41.1. The predicted molar refractivity (Wildman–Crippen MR) is 370 cm³/mol. The number of phenols is 2.